The third-order valence-electron chi connectivity index (χ3n) is 2.43. The van der Waals surface area contributed by atoms with Crippen LogP contribution in [0.25, 0.3) is 0 Å². The first-order valence-corrected chi connectivity index (χ1v) is 5.70. The van der Waals surface area contributed by atoms with Crippen LogP contribution in [0.3, 0.4) is 0 Å². The molecule has 1 unspecified atom stereocenters. The summed E-state index contributed by atoms with van der Waals surface area (Å²) in [5, 5.41) is 3.62. The summed E-state index contributed by atoms with van der Waals surface area (Å²) < 4.78 is 0. The monoisotopic (exact) mass is 173 g/mol. The second kappa shape index (κ2) is 4.36. The van der Waals surface area contributed by atoms with Gasteiger partial charge in [0.2, 0.25) is 0 Å². The summed E-state index contributed by atoms with van der Waals surface area (Å²) in [7, 11) is 0. The predicted octanol–water partition coefficient (Wildman–Crippen LogP) is 2.62. The van der Waals surface area contributed by atoms with Gasteiger partial charge in [0.1, 0.15) is 0 Å². The lowest BCUT2D eigenvalue weighted by Gasteiger charge is -2.26. The standard InChI is InChI=1S/C9H19NS/c1-3-5-6-9(4-2)10-7-8-11-9/h10H,3-8H2,1-2H3. The second-order valence-corrected chi connectivity index (χ2v) is 4.71. The maximum Gasteiger partial charge on any atom is 0.0643 e. The van der Waals surface area contributed by atoms with Crippen molar-refractivity contribution in [1.29, 1.82) is 0 Å². The third kappa shape index (κ3) is 2.38. The van der Waals surface area contributed by atoms with Gasteiger partial charge in [-0.05, 0) is 12.8 Å². The molecule has 11 heavy (non-hydrogen) atoms. The SMILES string of the molecule is CCCCC1(CC)NCCS1. The average Bonchev–Trinajstić information content (AvgIpc) is 2.50. The van der Waals surface area contributed by atoms with Crippen LogP contribution in [0.5, 0.6) is 0 Å². The number of hydrogen-bond donors (Lipinski definition) is 1. The van der Waals surface area contributed by atoms with E-state index in [2.05, 4.69) is 30.9 Å². The zero-order chi connectivity index (χ0) is 8.16. The van der Waals surface area contributed by atoms with E-state index in [1.165, 1.54) is 38.0 Å². The molecule has 1 fully saturated rings. The van der Waals surface area contributed by atoms with Gasteiger partial charge in [0, 0.05) is 12.3 Å². The molecule has 1 aliphatic heterocycles. The van der Waals surface area contributed by atoms with Crippen LogP contribution >= 0.6 is 11.8 Å². The molecule has 0 bridgehead atoms. The highest BCUT2D eigenvalue weighted by Crippen LogP contribution is 2.34. The molecule has 0 radical (unpaired) electrons. The number of thioether (sulfide) groups is 1. The maximum atomic E-state index is 3.62. The number of unbranched alkanes of at least 4 members (excludes halogenated alkanes) is 1. The van der Waals surface area contributed by atoms with Gasteiger partial charge >= 0.3 is 0 Å². The van der Waals surface area contributed by atoms with Gasteiger partial charge in [0.15, 0.2) is 0 Å². The van der Waals surface area contributed by atoms with Crippen molar-refractivity contribution in [3.05, 3.63) is 0 Å². The molecule has 1 heterocycles. The lowest BCUT2D eigenvalue weighted by molar-refractivity contribution is 0.439. The fourth-order valence-electron chi connectivity index (χ4n) is 1.60. The van der Waals surface area contributed by atoms with Gasteiger partial charge in [-0.25, -0.2) is 0 Å². The normalized spacial score (nSPS) is 31.1. The van der Waals surface area contributed by atoms with Gasteiger partial charge in [-0.1, -0.05) is 26.7 Å². The number of nitrogens with one attached hydrogen (secondary N) is 1. The van der Waals surface area contributed by atoms with Crippen LogP contribution in [-0.4, -0.2) is 17.2 Å². The minimum atomic E-state index is 0.454. The molecule has 0 amide bonds. The Hall–Kier alpha value is 0.310. The van der Waals surface area contributed by atoms with Crippen molar-refractivity contribution in [2.75, 3.05) is 12.3 Å². The predicted molar refractivity (Wildman–Crippen MR) is 53.0 cm³/mol. The molecule has 0 aromatic heterocycles. The van der Waals surface area contributed by atoms with Crippen molar-refractivity contribution in [2.45, 2.75) is 44.4 Å². The van der Waals surface area contributed by atoms with Crippen molar-refractivity contribution in [2.24, 2.45) is 0 Å². The van der Waals surface area contributed by atoms with E-state index in [0.717, 1.165) is 0 Å². The van der Waals surface area contributed by atoms with Gasteiger partial charge in [0.25, 0.3) is 0 Å². The first-order valence-electron chi connectivity index (χ1n) is 4.72. The summed E-state index contributed by atoms with van der Waals surface area (Å²) >= 11 is 2.12. The van der Waals surface area contributed by atoms with Crippen LogP contribution in [0.2, 0.25) is 0 Å². The Morgan fingerprint density at radius 2 is 2.27 bits per heavy atom. The highest BCUT2D eigenvalue weighted by atomic mass is 32.2. The molecule has 0 aliphatic carbocycles. The van der Waals surface area contributed by atoms with Crippen LogP contribution in [0.1, 0.15) is 39.5 Å². The van der Waals surface area contributed by atoms with Gasteiger partial charge in [-0.15, -0.1) is 11.8 Å². The van der Waals surface area contributed by atoms with Crippen LogP contribution in [-0.2, 0) is 0 Å². The van der Waals surface area contributed by atoms with Crippen LogP contribution < -0.4 is 5.32 Å². The molecule has 1 rings (SSSR count). The Kier molecular flexibility index (Phi) is 3.73. The lowest BCUT2D eigenvalue weighted by atomic mass is 10.1. The highest BCUT2D eigenvalue weighted by molar-refractivity contribution is 8.00. The smallest absolute Gasteiger partial charge is 0.0643 e. The Morgan fingerprint density at radius 1 is 1.45 bits per heavy atom. The minimum absolute atomic E-state index is 0.454. The van der Waals surface area contributed by atoms with E-state index in [9.17, 15) is 0 Å². The molecular formula is C9H19NS. The van der Waals surface area contributed by atoms with Gasteiger partial charge in [0.05, 0.1) is 4.87 Å². The zero-order valence-corrected chi connectivity index (χ0v) is 8.47. The lowest BCUT2D eigenvalue weighted by Crippen LogP contribution is -2.36. The van der Waals surface area contributed by atoms with E-state index >= 15 is 0 Å². The van der Waals surface area contributed by atoms with E-state index in [1.54, 1.807) is 0 Å². The van der Waals surface area contributed by atoms with Crippen molar-refractivity contribution in [3.8, 4) is 0 Å². The Labute approximate surface area is 74.3 Å². The zero-order valence-electron chi connectivity index (χ0n) is 7.65. The summed E-state index contributed by atoms with van der Waals surface area (Å²) in [6, 6.07) is 0. The molecule has 0 aromatic rings. The Balaban J connectivity index is 2.33. The fraction of sp³-hybridized carbons (Fsp3) is 1.00. The van der Waals surface area contributed by atoms with Crippen LogP contribution in [0.4, 0.5) is 0 Å². The quantitative estimate of drug-likeness (QED) is 0.701. The second-order valence-electron chi connectivity index (χ2n) is 3.23. The molecule has 1 atom stereocenters. The summed E-state index contributed by atoms with van der Waals surface area (Å²) in [5.41, 5.74) is 0. The number of rotatable bonds is 4. The molecule has 0 spiro atoms. The highest BCUT2D eigenvalue weighted by Gasteiger charge is 2.30. The molecule has 2 heteroatoms. The van der Waals surface area contributed by atoms with Crippen LogP contribution in [0.15, 0.2) is 0 Å². The number of hydrogen-bond acceptors (Lipinski definition) is 2. The third-order valence-corrected chi connectivity index (χ3v) is 4.03. The summed E-state index contributed by atoms with van der Waals surface area (Å²) in [6.07, 6.45) is 5.32. The Bertz CT molecular complexity index is 108. The van der Waals surface area contributed by atoms with Gasteiger partial charge in [-0.2, -0.15) is 0 Å². The average molecular weight is 173 g/mol. The summed E-state index contributed by atoms with van der Waals surface area (Å²) in [5.74, 6) is 1.30. The molecule has 0 aromatic carbocycles. The van der Waals surface area contributed by atoms with E-state index in [1.807, 2.05) is 0 Å². The van der Waals surface area contributed by atoms with E-state index < -0.39 is 0 Å². The summed E-state index contributed by atoms with van der Waals surface area (Å²) in [6.45, 7) is 5.77. The van der Waals surface area contributed by atoms with E-state index in [-0.39, 0.29) is 0 Å². The van der Waals surface area contributed by atoms with Crippen LogP contribution in [0, 0.1) is 0 Å². The molecular weight excluding hydrogens is 154 g/mol. The molecule has 1 N–H and O–H groups in total. The van der Waals surface area contributed by atoms with Crippen molar-refractivity contribution < 1.29 is 0 Å². The fourth-order valence-corrected chi connectivity index (χ4v) is 2.89. The first kappa shape index (κ1) is 9.40. The molecule has 1 nitrogen and oxygen atoms in total. The molecule has 66 valence electrons. The molecule has 1 saturated heterocycles. The van der Waals surface area contributed by atoms with Crippen molar-refractivity contribution >= 4 is 11.8 Å². The summed E-state index contributed by atoms with van der Waals surface area (Å²) in [4.78, 5) is 0.454. The first-order chi connectivity index (χ1) is 5.33. The minimum Gasteiger partial charge on any atom is -0.302 e. The van der Waals surface area contributed by atoms with Crippen molar-refractivity contribution in [1.82, 2.24) is 5.32 Å². The van der Waals surface area contributed by atoms with E-state index in [4.69, 9.17) is 0 Å². The largest absolute Gasteiger partial charge is 0.302 e. The van der Waals surface area contributed by atoms with Gasteiger partial charge in [-0.3, -0.25) is 0 Å². The van der Waals surface area contributed by atoms with E-state index in [0.29, 0.717) is 4.87 Å². The topological polar surface area (TPSA) is 12.0 Å². The Morgan fingerprint density at radius 3 is 2.73 bits per heavy atom. The molecule has 1 aliphatic rings. The maximum absolute atomic E-state index is 3.62. The van der Waals surface area contributed by atoms with Gasteiger partial charge < -0.3 is 5.32 Å². The van der Waals surface area contributed by atoms with Crippen molar-refractivity contribution in [3.63, 3.8) is 0 Å². The molecule has 0 saturated carbocycles.